The lowest BCUT2D eigenvalue weighted by Gasteiger charge is -2.39. The predicted molar refractivity (Wildman–Crippen MR) is 120 cm³/mol. The Bertz CT molecular complexity index is 1370. The van der Waals surface area contributed by atoms with Crippen molar-refractivity contribution in [3.8, 4) is 0 Å². The molecule has 170 valence electrons. The van der Waals surface area contributed by atoms with Crippen LogP contribution in [0.2, 0.25) is 5.02 Å². The van der Waals surface area contributed by atoms with E-state index in [4.69, 9.17) is 11.6 Å². The van der Waals surface area contributed by atoms with Crippen LogP contribution in [0, 0.1) is 24.4 Å². The van der Waals surface area contributed by atoms with E-state index in [1.807, 2.05) is 0 Å². The number of aryl methyl sites for hydroxylation is 1. The normalized spacial score (nSPS) is 15.2. The molecule has 2 N–H and O–H groups in total. The zero-order valence-electron chi connectivity index (χ0n) is 17.4. The second kappa shape index (κ2) is 7.84. The molecule has 0 saturated carbocycles. The first kappa shape index (κ1) is 21.4. The van der Waals surface area contributed by atoms with Gasteiger partial charge in [0.2, 0.25) is 0 Å². The van der Waals surface area contributed by atoms with Gasteiger partial charge in [0.15, 0.2) is 11.6 Å². The number of hydrogen-bond donors (Lipinski definition) is 2. The average molecular weight is 475 g/mol. The zero-order valence-corrected chi connectivity index (χ0v) is 18.2. The number of fused-ring (bicyclic) bond motifs is 8. The van der Waals surface area contributed by atoms with Crippen molar-refractivity contribution in [3.05, 3.63) is 79.9 Å². The molecule has 1 aromatic heterocycles. The SMILES string of the molecule is Cc1cc2c([nH]c1=O)NCCCc1c(ccc(F)c1F)N1CN2C(=O)c2cc(F)c(Cl)cc21. The van der Waals surface area contributed by atoms with Crippen molar-refractivity contribution in [1.82, 2.24) is 4.98 Å². The van der Waals surface area contributed by atoms with Crippen LogP contribution in [0.25, 0.3) is 0 Å². The first-order valence-electron chi connectivity index (χ1n) is 10.3. The maximum Gasteiger partial charge on any atom is 0.262 e. The number of rotatable bonds is 0. The minimum Gasteiger partial charge on any atom is -0.370 e. The fraction of sp³-hybridized carbons (Fsp3) is 0.217. The molecule has 6 nitrogen and oxygen atoms in total. The minimum atomic E-state index is -0.984. The van der Waals surface area contributed by atoms with Crippen molar-refractivity contribution >= 4 is 40.4 Å². The van der Waals surface area contributed by atoms with E-state index in [2.05, 4.69) is 10.3 Å². The summed E-state index contributed by atoms with van der Waals surface area (Å²) in [6.07, 6.45) is 0.605. The molecule has 5 rings (SSSR count). The third-order valence-electron chi connectivity index (χ3n) is 5.95. The van der Waals surface area contributed by atoms with Gasteiger partial charge in [0.25, 0.3) is 11.5 Å². The van der Waals surface area contributed by atoms with Gasteiger partial charge in [-0.3, -0.25) is 14.5 Å². The molecule has 2 aliphatic rings. The largest absolute Gasteiger partial charge is 0.370 e. The number of anilines is 4. The molecule has 2 aliphatic heterocycles. The van der Waals surface area contributed by atoms with Gasteiger partial charge >= 0.3 is 0 Å². The highest BCUT2D eigenvalue weighted by Crippen LogP contribution is 2.41. The minimum absolute atomic E-state index is 0.00730. The van der Waals surface area contributed by atoms with E-state index in [-0.39, 0.29) is 40.5 Å². The molecule has 0 aliphatic carbocycles. The van der Waals surface area contributed by atoms with E-state index in [1.54, 1.807) is 17.9 Å². The van der Waals surface area contributed by atoms with Crippen LogP contribution in [0.1, 0.15) is 27.9 Å². The molecule has 3 aromatic rings. The predicted octanol–water partition coefficient (Wildman–Crippen LogP) is 4.87. The van der Waals surface area contributed by atoms with Gasteiger partial charge in [-0.05, 0) is 50.1 Å². The topological polar surface area (TPSA) is 68.4 Å². The molecule has 0 fully saturated rings. The van der Waals surface area contributed by atoms with Gasteiger partial charge in [-0.1, -0.05) is 11.6 Å². The Balaban J connectivity index is 1.81. The van der Waals surface area contributed by atoms with Gasteiger partial charge in [0, 0.05) is 23.4 Å². The molecule has 10 heteroatoms. The van der Waals surface area contributed by atoms with Crippen molar-refractivity contribution in [3.63, 3.8) is 0 Å². The van der Waals surface area contributed by atoms with Gasteiger partial charge in [-0.15, -0.1) is 0 Å². The zero-order chi connectivity index (χ0) is 23.4. The molecule has 2 bridgehead atoms. The first-order valence-corrected chi connectivity index (χ1v) is 10.7. The fourth-order valence-electron chi connectivity index (χ4n) is 4.27. The van der Waals surface area contributed by atoms with E-state index in [0.717, 1.165) is 12.1 Å². The maximum absolute atomic E-state index is 14.9. The number of aromatic amines is 1. The smallest absolute Gasteiger partial charge is 0.262 e. The third-order valence-corrected chi connectivity index (χ3v) is 6.24. The summed E-state index contributed by atoms with van der Waals surface area (Å²) in [7, 11) is 0. The molecule has 0 saturated heterocycles. The van der Waals surface area contributed by atoms with Crippen LogP contribution in [0.5, 0.6) is 0 Å². The van der Waals surface area contributed by atoms with Gasteiger partial charge in [-0.25, -0.2) is 13.2 Å². The van der Waals surface area contributed by atoms with E-state index < -0.39 is 23.4 Å². The molecule has 1 amide bonds. The summed E-state index contributed by atoms with van der Waals surface area (Å²) < 4.78 is 43.4. The number of aromatic nitrogens is 1. The lowest BCUT2D eigenvalue weighted by Crippen LogP contribution is -2.46. The van der Waals surface area contributed by atoms with Crippen molar-refractivity contribution < 1.29 is 18.0 Å². The summed E-state index contributed by atoms with van der Waals surface area (Å²) in [5, 5.41) is 2.88. The number of nitrogens with zero attached hydrogens (tertiary/aromatic N) is 2. The van der Waals surface area contributed by atoms with E-state index >= 15 is 0 Å². The number of amides is 1. The van der Waals surface area contributed by atoms with E-state index in [9.17, 15) is 22.8 Å². The lowest BCUT2D eigenvalue weighted by molar-refractivity contribution is 0.0983. The Morgan fingerprint density at radius 2 is 1.76 bits per heavy atom. The van der Waals surface area contributed by atoms with E-state index in [1.165, 1.54) is 17.0 Å². The maximum atomic E-state index is 14.9. The van der Waals surface area contributed by atoms with Crippen molar-refractivity contribution in [2.24, 2.45) is 0 Å². The number of nitrogens with one attached hydrogen (secondary N) is 2. The van der Waals surface area contributed by atoms with Crippen LogP contribution in [-0.4, -0.2) is 24.1 Å². The summed E-state index contributed by atoms with van der Waals surface area (Å²) in [5.74, 6) is -2.95. The Hall–Kier alpha value is -3.46. The number of pyridine rings is 1. The summed E-state index contributed by atoms with van der Waals surface area (Å²) in [6, 6.07) is 6.37. The highest BCUT2D eigenvalue weighted by molar-refractivity contribution is 6.31. The van der Waals surface area contributed by atoms with Crippen LogP contribution in [0.3, 0.4) is 0 Å². The quantitative estimate of drug-likeness (QED) is 0.488. The highest BCUT2D eigenvalue weighted by Gasteiger charge is 2.35. The molecular weight excluding hydrogens is 457 g/mol. The number of H-pyrrole nitrogens is 1. The Morgan fingerprint density at radius 1 is 0.970 bits per heavy atom. The van der Waals surface area contributed by atoms with E-state index in [0.29, 0.717) is 35.7 Å². The summed E-state index contributed by atoms with van der Waals surface area (Å²) in [4.78, 5) is 31.4. The second-order valence-corrected chi connectivity index (χ2v) is 8.42. The molecule has 0 spiro atoms. The molecule has 33 heavy (non-hydrogen) atoms. The molecule has 0 atom stereocenters. The number of carbonyl (C=O) groups excluding carboxylic acids is 1. The fourth-order valence-corrected chi connectivity index (χ4v) is 4.43. The average Bonchev–Trinajstić information content (AvgIpc) is 2.80. The van der Waals surface area contributed by atoms with Crippen LogP contribution in [0.15, 0.2) is 35.1 Å². The van der Waals surface area contributed by atoms with Gasteiger partial charge in [0.05, 0.1) is 22.0 Å². The second-order valence-electron chi connectivity index (χ2n) is 8.02. The molecule has 0 unspecified atom stereocenters. The number of hydrogen-bond acceptors (Lipinski definition) is 4. The number of benzene rings is 2. The van der Waals surface area contributed by atoms with Crippen LogP contribution in [-0.2, 0) is 6.42 Å². The molecular formula is C23H18ClF3N4O2. The number of halogens is 4. The lowest BCUT2D eigenvalue weighted by atomic mass is 10.0. The van der Waals surface area contributed by atoms with Gasteiger partial charge in [0.1, 0.15) is 18.3 Å². The van der Waals surface area contributed by atoms with Gasteiger partial charge < -0.3 is 15.2 Å². The van der Waals surface area contributed by atoms with Crippen LogP contribution >= 0.6 is 11.6 Å². The van der Waals surface area contributed by atoms with Gasteiger partial charge in [-0.2, -0.15) is 0 Å². The summed E-state index contributed by atoms with van der Waals surface area (Å²) >= 11 is 6.02. The third kappa shape index (κ3) is 3.43. The summed E-state index contributed by atoms with van der Waals surface area (Å²) in [6.45, 7) is 1.85. The van der Waals surface area contributed by atoms with Crippen molar-refractivity contribution in [2.75, 3.05) is 28.3 Å². The molecule has 2 aromatic carbocycles. The van der Waals surface area contributed by atoms with Crippen LogP contribution < -0.4 is 20.7 Å². The Morgan fingerprint density at radius 3 is 2.55 bits per heavy atom. The summed E-state index contributed by atoms with van der Waals surface area (Å²) in [5.41, 5.74) is 1.21. The monoisotopic (exact) mass is 474 g/mol. The van der Waals surface area contributed by atoms with Crippen molar-refractivity contribution in [2.45, 2.75) is 19.8 Å². The standard InChI is InChI=1S/C23H18ClF3N4O2/c1-11-7-19-21(29-22(11)32)28-6-2-3-12-17(5-4-15(25)20(12)27)30-10-31(19)23(33)13-8-16(26)14(24)9-18(13)30/h4-5,7-9H,2-3,6,10H2,1H3,(H2,28,29,32). The number of carbonyl (C=O) groups is 1. The highest BCUT2D eigenvalue weighted by atomic mass is 35.5. The Kier molecular flexibility index (Phi) is 5.08. The first-order chi connectivity index (χ1) is 15.8. The Labute approximate surface area is 191 Å². The van der Waals surface area contributed by atoms with Crippen LogP contribution in [0.4, 0.5) is 36.1 Å². The molecule has 3 heterocycles. The van der Waals surface area contributed by atoms with Crippen molar-refractivity contribution in [1.29, 1.82) is 0 Å². The molecule has 0 radical (unpaired) electrons.